The number of nitrogens with zero attached hydrogens (tertiary/aromatic N) is 3. The first-order chi connectivity index (χ1) is 11.2. The summed E-state index contributed by atoms with van der Waals surface area (Å²) in [5.74, 6) is 1.08. The van der Waals surface area contributed by atoms with Gasteiger partial charge >= 0.3 is 0 Å². The molecule has 23 heavy (non-hydrogen) atoms. The fourth-order valence-electron chi connectivity index (χ4n) is 2.12. The van der Waals surface area contributed by atoms with Crippen LogP contribution in [-0.2, 0) is 6.54 Å². The topological polar surface area (TPSA) is 62.7 Å². The van der Waals surface area contributed by atoms with Crippen molar-refractivity contribution in [2.24, 2.45) is 0 Å². The van der Waals surface area contributed by atoms with E-state index < -0.39 is 0 Å². The Morgan fingerprint density at radius 1 is 1.09 bits per heavy atom. The molecule has 0 saturated carbocycles. The van der Waals surface area contributed by atoms with Crippen LogP contribution in [0.25, 0.3) is 0 Å². The third kappa shape index (κ3) is 4.17. The molecule has 0 fully saturated rings. The number of benzene rings is 2. The van der Waals surface area contributed by atoms with E-state index >= 15 is 0 Å². The number of anilines is 3. The van der Waals surface area contributed by atoms with Crippen LogP contribution in [0.4, 0.5) is 17.5 Å². The SMILES string of the molecule is Cc1cccc(Nc2nncc(NCc3ccccc3Cl)n2)c1. The molecule has 0 spiro atoms. The molecular weight excluding hydrogens is 310 g/mol. The molecule has 3 aromatic rings. The Morgan fingerprint density at radius 3 is 2.78 bits per heavy atom. The molecule has 0 saturated heterocycles. The third-order valence-electron chi connectivity index (χ3n) is 3.25. The molecule has 0 aliphatic carbocycles. The zero-order valence-electron chi connectivity index (χ0n) is 12.6. The molecule has 0 radical (unpaired) electrons. The van der Waals surface area contributed by atoms with Gasteiger partial charge in [0.1, 0.15) is 0 Å². The van der Waals surface area contributed by atoms with Crippen LogP contribution in [0.1, 0.15) is 11.1 Å². The fourth-order valence-corrected chi connectivity index (χ4v) is 2.32. The maximum Gasteiger partial charge on any atom is 0.249 e. The molecule has 0 amide bonds. The minimum Gasteiger partial charge on any atom is -0.364 e. The largest absolute Gasteiger partial charge is 0.364 e. The maximum absolute atomic E-state index is 6.14. The van der Waals surface area contributed by atoms with E-state index in [1.165, 1.54) is 0 Å². The number of halogens is 1. The van der Waals surface area contributed by atoms with Gasteiger partial charge in [-0.3, -0.25) is 0 Å². The lowest BCUT2D eigenvalue weighted by Crippen LogP contribution is -2.06. The predicted molar refractivity (Wildman–Crippen MR) is 93.1 cm³/mol. The van der Waals surface area contributed by atoms with E-state index in [1.807, 2.05) is 55.5 Å². The number of hydrogen-bond acceptors (Lipinski definition) is 5. The number of rotatable bonds is 5. The summed E-state index contributed by atoms with van der Waals surface area (Å²) in [4.78, 5) is 4.40. The van der Waals surface area contributed by atoms with Crippen LogP contribution < -0.4 is 10.6 Å². The number of aryl methyl sites for hydroxylation is 1. The van der Waals surface area contributed by atoms with Gasteiger partial charge in [-0.25, -0.2) is 0 Å². The van der Waals surface area contributed by atoms with Crippen LogP contribution in [0.3, 0.4) is 0 Å². The van der Waals surface area contributed by atoms with Gasteiger partial charge < -0.3 is 10.6 Å². The number of aromatic nitrogens is 3. The van der Waals surface area contributed by atoms with Crippen LogP contribution >= 0.6 is 11.6 Å². The molecule has 3 rings (SSSR count). The average Bonchev–Trinajstić information content (AvgIpc) is 2.54. The predicted octanol–water partition coefficient (Wildman–Crippen LogP) is 4.19. The van der Waals surface area contributed by atoms with Gasteiger partial charge in [0.25, 0.3) is 0 Å². The minimum absolute atomic E-state index is 0.444. The lowest BCUT2D eigenvalue weighted by Gasteiger charge is -2.09. The molecule has 5 nitrogen and oxygen atoms in total. The summed E-state index contributed by atoms with van der Waals surface area (Å²) >= 11 is 6.14. The van der Waals surface area contributed by atoms with E-state index in [0.717, 1.165) is 21.8 Å². The zero-order chi connectivity index (χ0) is 16.1. The quantitative estimate of drug-likeness (QED) is 0.736. The summed E-state index contributed by atoms with van der Waals surface area (Å²) in [6.45, 7) is 2.61. The molecule has 2 aromatic carbocycles. The molecule has 0 unspecified atom stereocenters. The van der Waals surface area contributed by atoms with Crippen LogP contribution in [0.2, 0.25) is 5.02 Å². The summed E-state index contributed by atoms with van der Waals surface area (Å²) in [5.41, 5.74) is 3.09. The second kappa shape index (κ2) is 7.07. The van der Waals surface area contributed by atoms with E-state index in [4.69, 9.17) is 11.6 Å². The van der Waals surface area contributed by atoms with E-state index in [-0.39, 0.29) is 0 Å². The molecule has 0 aliphatic rings. The first-order valence-electron chi connectivity index (χ1n) is 7.21. The minimum atomic E-state index is 0.444. The van der Waals surface area contributed by atoms with Gasteiger partial charge in [0.15, 0.2) is 5.82 Å². The highest BCUT2D eigenvalue weighted by molar-refractivity contribution is 6.31. The highest BCUT2D eigenvalue weighted by atomic mass is 35.5. The van der Waals surface area contributed by atoms with Gasteiger partial charge in [-0.2, -0.15) is 10.1 Å². The van der Waals surface area contributed by atoms with Crippen molar-refractivity contribution in [2.45, 2.75) is 13.5 Å². The molecular formula is C17H16ClN5. The average molecular weight is 326 g/mol. The number of nitrogens with one attached hydrogen (secondary N) is 2. The van der Waals surface area contributed by atoms with E-state index in [2.05, 4.69) is 25.8 Å². The van der Waals surface area contributed by atoms with Gasteiger partial charge in [0.2, 0.25) is 5.95 Å². The van der Waals surface area contributed by atoms with Crippen molar-refractivity contribution in [1.82, 2.24) is 15.2 Å². The van der Waals surface area contributed by atoms with Gasteiger partial charge in [0.05, 0.1) is 6.20 Å². The van der Waals surface area contributed by atoms with Gasteiger partial charge in [0, 0.05) is 17.3 Å². The standard InChI is InChI=1S/C17H16ClN5/c1-12-5-4-7-14(9-12)21-17-22-16(11-20-23-17)19-10-13-6-2-3-8-15(13)18/h2-9,11H,10H2,1H3,(H2,19,21,22,23). The van der Waals surface area contributed by atoms with Crippen molar-refractivity contribution in [3.8, 4) is 0 Å². The molecule has 0 bridgehead atoms. The fraction of sp³-hybridized carbons (Fsp3) is 0.118. The van der Waals surface area contributed by atoms with E-state index in [9.17, 15) is 0 Å². The maximum atomic E-state index is 6.14. The lowest BCUT2D eigenvalue weighted by atomic mass is 10.2. The Balaban J connectivity index is 1.69. The lowest BCUT2D eigenvalue weighted by molar-refractivity contribution is 0.966. The molecule has 6 heteroatoms. The van der Waals surface area contributed by atoms with Crippen molar-refractivity contribution in [2.75, 3.05) is 10.6 Å². The molecule has 116 valence electrons. The van der Waals surface area contributed by atoms with Crippen LogP contribution in [0, 0.1) is 6.92 Å². The summed E-state index contributed by atoms with van der Waals surface area (Å²) in [6.07, 6.45) is 1.58. The highest BCUT2D eigenvalue weighted by Gasteiger charge is 2.03. The summed E-state index contributed by atoms with van der Waals surface area (Å²) in [5, 5.41) is 15.0. The molecule has 1 heterocycles. The first-order valence-corrected chi connectivity index (χ1v) is 7.59. The first kappa shape index (κ1) is 15.2. The third-order valence-corrected chi connectivity index (χ3v) is 3.62. The van der Waals surface area contributed by atoms with Crippen molar-refractivity contribution < 1.29 is 0 Å². The van der Waals surface area contributed by atoms with E-state index in [0.29, 0.717) is 18.3 Å². The van der Waals surface area contributed by atoms with Gasteiger partial charge in [-0.15, -0.1) is 5.10 Å². The van der Waals surface area contributed by atoms with Crippen molar-refractivity contribution >= 4 is 29.1 Å². The Hall–Kier alpha value is -2.66. The monoisotopic (exact) mass is 325 g/mol. The second-order valence-corrected chi connectivity index (χ2v) is 5.51. The van der Waals surface area contributed by atoms with Crippen LogP contribution in [0.15, 0.2) is 54.7 Å². The van der Waals surface area contributed by atoms with Gasteiger partial charge in [-0.05, 0) is 36.2 Å². The Labute approximate surface area is 139 Å². The second-order valence-electron chi connectivity index (χ2n) is 5.10. The Bertz CT molecular complexity index is 806. The summed E-state index contributed by atoms with van der Waals surface area (Å²) < 4.78 is 0. The zero-order valence-corrected chi connectivity index (χ0v) is 13.4. The summed E-state index contributed by atoms with van der Waals surface area (Å²) in [6, 6.07) is 15.7. The molecule has 2 N–H and O–H groups in total. The normalized spacial score (nSPS) is 10.3. The highest BCUT2D eigenvalue weighted by Crippen LogP contribution is 2.17. The smallest absolute Gasteiger partial charge is 0.249 e. The van der Waals surface area contributed by atoms with Gasteiger partial charge in [-0.1, -0.05) is 41.9 Å². The van der Waals surface area contributed by atoms with Crippen molar-refractivity contribution in [3.05, 3.63) is 70.9 Å². The van der Waals surface area contributed by atoms with Crippen molar-refractivity contribution in [3.63, 3.8) is 0 Å². The Kier molecular flexibility index (Phi) is 4.68. The summed E-state index contributed by atoms with van der Waals surface area (Å²) in [7, 11) is 0. The van der Waals surface area contributed by atoms with Crippen LogP contribution in [0.5, 0.6) is 0 Å². The van der Waals surface area contributed by atoms with Crippen molar-refractivity contribution in [1.29, 1.82) is 0 Å². The molecule has 0 aliphatic heterocycles. The molecule has 1 aromatic heterocycles. The number of hydrogen-bond donors (Lipinski definition) is 2. The molecule has 0 atom stereocenters. The van der Waals surface area contributed by atoms with E-state index in [1.54, 1.807) is 6.20 Å². The Morgan fingerprint density at radius 2 is 1.96 bits per heavy atom. The van der Waals surface area contributed by atoms with Crippen LogP contribution in [-0.4, -0.2) is 15.2 Å².